The number of Topliss-reactive ketones (excluding diaryl/α,β-unsaturated/α-hetero) is 1. The molecule has 0 saturated heterocycles. The minimum absolute atomic E-state index is 0.103. The number of ketones is 1. The first-order valence-electron chi connectivity index (χ1n) is 5.47. The zero-order valence-electron chi connectivity index (χ0n) is 9.97. The Bertz CT molecular complexity index is 410. The lowest BCUT2D eigenvalue weighted by molar-refractivity contribution is -0.148. The molecule has 0 aromatic heterocycles. The van der Waals surface area contributed by atoms with Crippen molar-refractivity contribution in [3.05, 3.63) is 29.8 Å². The number of carbonyl (C=O) groups excluding carboxylic acids is 1. The van der Waals surface area contributed by atoms with E-state index >= 15 is 0 Å². The van der Waals surface area contributed by atoms with Crippen molar-refractivity contribution in [3.8, 4) is 5.75 Å². The number of carboxylic acids is 1. The maximum Gasteiger partial charge on any atom is 0.372 e. The highest BCUT2D eigenvalue weighted by Gasteiger charge is 2.12. The van der Waals surface area contributed by atoms with E-state index in [1.807, 2.05) is 13.8 Å². The molecule has 0 spiro atoms. The second kappa shape index (κ2) is 6.03. The Morgan fingerprint density at radius 3 is 2.65 bits per heavy atom. The summed E-state index contributed by atoms with van der Waals surface area (Å²) in [5.41, 5.74) is 0.652. The van der Waals surface area contributed by atoms with E-state index in [1.54, 1.807) is 24.3 Å². The van der Waals surface area contributed by atoms with Crippen LogP contribution in [0.3, 0.4) is 0 Å². The van der Waals surface area contributed by atoms with Gasteiger partial charge in [0.2, 0.25) is 5.78 Å². The predicted octanol–water partition coefficient (Wildman–Crippen LogP) is 1.92. The van der Waals surface area contributed by atoms with Gasteiger partial charge in [0, 0.05) is 6.42 Å². The molecule has 1 rings (SSSR count). The molecule has 1 N–H and O–H groups in total. The summed E-state index contributed by atoms with van der Waals surface area (Å²) in [4.78, 5) is 21.5. The minimum Gasteiger partial charge on any atom is -0.493 e. The fourth-order valence-corrected chi connectivity index (χ4v) is 1.27. The molecule has 1 aromatic rings. The molecule has 4 nitrogen and oxygen atoms in total. The molecule has 0 atom stereocenters. The van der Waals surface area contributed by atoms with Gasteiger partial charge in [-0.3, -0.25) is 4.79 Å². The van der Waals surface area contributed by atoms with Crippen LogP contribution in [-0.4, -0.2) is 23.5 Å². The maximum atomic E-state index is 11.0. The summed E-state index contributed by atoms with van der Waals surface area (Å²) >= 11 is 0. The number of rotatable bonds is 6. The third-order valence-electron chi connectivity index (χ3n) is 2.08. The van der Waals surface area contributed by atoms with Gasteiger partial charge in [-0.1, -0.05) is 26.0 Å². The number of benzene rings is 1. The Balaban J connectivity index is 2.65. The van der Waals surface area contributed by atoms with Crippen molar-refractivity contribution in [1.29, 1.82) is 0 Å². The van der Waals surface area contributed by atoms with Crippen LogP contribution in [0.2, 0.25) is 0 Å². The van der Waals surface area contributed by atoms with Crippen LogP contribution >= 0.6 is 0 Å². The molecule has 0 heterocycles. The van der Waals surface area contributed by atoms with Crippen LogP contribution in [0.15, 0.2) is 24.3 Å². The smallest absolute Gasteiger partial charge is 0.372 e. The van der Waals surface area contributed by atoms with Crippen molar-refractivity contribution >= 4 is 11.8 Å². The van der Waals surface area contributed by atoms with Crippen LogP contribution in [0.4, 0.5) is 0 Å². The maximum absolute atomic E-state index is 11.0. The van der Waals surface area contributed by atoms with Gasteiger partial charge in [0.15, 0.2) is 0 Å². The largest absolute Gasteiger partial charge is 0.493 e. The van der Waals surface area contributed by atoms with Crippen LogP contribution in [0.1, 0.15) is 19.4 Å². The number of carboxylic acid groups (broad SMARTS) is 1. The molecule has 0 amide bonds. The summed E-state index contributed by atoms with van der Waals surface area (Å²) in [6.45, 7) is 4.67. The van der Waals surface area contributed by atoms with Crippen molar-refractivity contribution in [2.75, 3.05) is 6.61 Å². The first-order valence-corrected chi connectivity index (χ1v) is 5.47. The normalized spacial score (nSPS) is 10.3. The van der Waals surface area contributed by atoms with Crippen LogP contribution < -0.4 is 4.74 Å². The monoisotopic (exact) mass is 236 g/mol. The highest BCUT2D eigenvalue weighted by Crippen LogP contribution is 2.15. The molecule has 0 aliphatic heterocycles. The molecule has 0 bridgehead atoms. The van der Waals surface area contributed by atoms with E-state index in [1.165, 1.54) is 0 Å². The van der Waals surface area contributed by atoms with Crippen molar-refractivity contribution in [2.24, 2.45) is 5.92 Å². The van der Waals surface area contributed by atoms with Crippen LogP contribution in [-0.2, 0) is 16.0 Å². The lowest BCUT2D eigenvalue weighted by Gasteiger charge is -2.09. The van der Waals surface area contributed by atoms with Gasteiger partial charge in [-0.15, -0.1) is 0 Å². The fraction of sp³-hybridized carbons (Fsp3) is 0.385. The van der Waals surface area contributed by atoms with E-state index in [0.717, 1.165) is 0 Å². The molecule has 0 saturated carbocycles. The zero-order chi connectivity index (χ0) is 12.8. The van der Waals surface area contributed by atoms with Gasteiger partial charge in [-0.05, 0) is 23.6 Å². The van der Waals surface area contributed by atoms with Crippen LogP contribution in [0.5, 0.6) is 5.75 Å². The van der Waals surface area contributed by atoms with Crippen LogP contribution in [0, 0.1) is 5.92 Å². The van der Waals surface area contributed by atoms with Gasteiger partial charge in [-0.25, -0.2) is 4.79 Å². The summed E-state index contributed by atoms with van der Waals surface area (Å²) in [6.07, 6.45) is -0.103. The van der Waals surface area contributed by atoms with Gasteiger partial charge in [-0.2, -0.15) is 0 Å². The molecular formula is C13H16O4. The number of aliphatic carboxylic acids is 1. The van der Waals surface area contributed by atoms with Gasteiger partial charge in [0.05, 0.1) is 6.61 Å². The van der Waals surface area contributed by atoms with E-state index in [-0.39, 0.29) is 6.42 Å². The second-order valence-corrected chi connectivity index (χ2v) is 4.26. The molecule has 0 radical (unpaired) electrons. The molecular weight excluding hydrogens is 220 g/mol. The van der Waals surface area contributed by atoms with E-state index in [9.17, 15) is 9.59 Å². The molecule has 17 heavy (non-hydrogen) atoms. The van der Waals surface area contributed by atoms with Crippen LogP contribution in [0.25, 0.3) is 0 Å². The Morgan fingerprint density at radius 2 is 2.06 bits per heavy atom. The standard InChI is InChI=1S/C13H16O4/c1-9(2)8-17-11-5-3-4-10(6-11)7-12(14)13(15)16/h3-6,9H,7-8H2,1-2H3,(H,15,16). The molecule has 0 fully saturated rings. The third kappa shape index (κ3) is 4.68. The van der Waals surface area contributed by atoms with E-state index in [2.05, 4.69) is 0 Å². The highest BCUT2D eigenvalue weighted by atomic mass is 16.5. The molecule has 0 aliphatic rings. The zero-order valence-corrected chi connectivity index (χ0v) is 9.97. The van der Waals surface area contributed by atoms with Gasteiger partial charge in [0.1, 0.15) is 5.75 Å². The summed E-state index contributed by atoms with van der Waals surface area (Å²) in [6, 6.07) is 6.95. The fourth-order valence-electron chi connectivity index (χ4n) is 1.27. The first kappa shape index (κ1) is 13.2. The molecule has 0 unspecified atom stereocenters. The van der Waals surface area contributed by atoms with Crippen molar-refractivity contribution in [1.82, 2.24) is 0 Å². The van der Waals surface area contributed by atoms with Gasteiger partial charge >= 0.3 is 5.97 Å². The Morgan fingerprint density at radius 1 is 1.35 bits per heavy atom. The third-order valence-corrected chi connectivity index (χ3v) is 2.08. The lowest BCUT2D eigenvalue weighted by Crippen LogP contribution is -2.15. The quantitative estimate of drug-likeness (QED) is 0.766. The minimum atomic E-state index is -1.40. The molecule has 0 aliphatic carbocycles. The lowest BCUT2D eigenvalue weighted by atomic mass is 10.1. The number of ether oxygens (including phenoxy) is 1. The van der Waals surface area contributed by atoms with E-state index in [0.29, 0.717) is 23.8 Å². The predicted molar refractivity (Wildman–Crippen MR) is 63.1 cm³/mol. The number of carbonyl (C=O) groups is 2. The Hall–Kier alpha value is -1.84. The van der Waals surface area contributed by atoms with E-state index < -0.39 is 11.8 Å². The van der Waals surface area contributed by atoms with E-state index in [4.69, 9.17) is 9.84 Å². The average molecular weight is 236 g/mol. The topological polar surface area (TPSA) is 63.6 Å². The molecule has 4 heteroatoms. The Labute approximate surface area is 100 Å². The number of hydrogen-bond acceptors (Lipinski definition) is 3. The summed E-state index contributed by atoms with van der Waals surface area (Å²) < 4.78 is 5.49. The average Bonchev–Trinajstić information content (AvgIpc) is 2.26. The Kier molecular flexibility index (Phi) is 4.69. The van der Waals surface area contributed by atoms with Gasteiger partial charge < -0.3 is 9.84 Å². The molecule has 92 valence electrons. The SMILES string of the molecule is CC(C)COc1cccc(CC(=O)C(=O)O)c1. The summed E-state index contributed by atoms with van der Waals surface area (Å²) in [5.74, 6) is -1.14. The molecule has 1 aromatic carbocycles. The second-order valence-electron chi connectivity index (χ2n) is 4.26. The summed E-state index contributed by atoms with van der Waals surface area (Å²) in [7, 11) is 0. The number of hydrogen-bond donors (Lipinski definition) is 1. The highest BCUT2D eigenvalue weighted by molar-refractivity contribution is 6.33. The first-order chi connectivity index (χ1) is 7.99. The van der Waals surface area contributed by atoms with Crippen molar-refractivity contribution in [3.63, 3.8) is 0 Å². The van der Waals surface area contributed by atoms with Crippen molar-refractivity contribution in [2.45, 2.75) is 20.3 Å². The van der Waals surface area contributed by atoms with Crippen molar-refractivity contribution < 1.29 is 19.4 Å². The summed E-state index contributed by atoms with van der Waals surface area (Å²) in [5, 5.41) is 8.51. The van der Waals surface area contributed by atoms with Gasteiger partial charge in [0.25, 0.3) is 0 Å².